The zero-order valence-electron chi connectivity index (χ0n) is 8.01. The van der Waals surface area contributed by atoms with Gasteiger partial charge in [0, 0.05) is 30.5 Å². The summed E-state index contributed by atoms with van der Waals surface area (Å²) >= 11 is 0. The normalized spacial score (nSPS) is 24.8. The molecule has 0 saturated carbocycles. The molecule has 1 saturated heterocycles. The van der Waals surface area contributed by atoms with Gasteiger partial charge in [0.2, 0.25) is 0 Å². The van der Waals surface area contributed by atoms with Crippen LogP contribution in [0.5, 0.6) is 0 Å². The molecule has 0 aromatic carbocycles. The molecule has 0 spiro atoms. The van der Waals surface area contributed by atoms with Crippen LogP contribution in [-0.2, 0) is 0 Å². The summed E-state index contributed by atoms with van der Waals surface area (Å²) in [6.45, 7) is 4.45. The molecular formula is C10H17N3. The highest BCUT2D eigenvalue weighted by Crippen LogP contribution is 2.11. The zero-order chi connectivity index (χ0) is 9.10. The second-order valence-corrected chi connectivity index (χ2v) is 3.70. The molecule has 3 heteroatoms. The maximum atomic E-state index is 3.59. The summed E-state index contributed by atoms with van der Waals surface area (Å²) in [6.07, 6.45) is 3.21. The Balaban J connectivity index is 1.87. The van der Waals surface area contributed by atoms with Crippen LogP contribution in [0.2, 0.25) is 0 Å². The van der Waals surface area contributed by atoms with Crippen LogP contribution < -0.4 is 10.6 Å². The van der Waals surface area contributed by atoms with E-state index in [1.54, 1.807) is 0 Å². The van der Waals surface area contributed by atoms with E-state index in [-0.39, 0.29) is 0 Å². The molecule has 13 heavy (non-hydrogen) atoms. The Morgan fingerprint density at radius 1 is 1.62 bits per heavy atom. The van der Waals surface area contributed by atoms with Crippen molar-refractivity contribution in [3.63, 3.8) is 0 Å². The van der Waals surface area contributed by atoms with Crippen LogP contribution in [-0.4, -0.2) is 24.1 Å². The van der Waals surface area contributed by atoms with Gasteiger partial charge in [-0.2, -0.15) is 0 Å². The lowest BCUT2D eigenvalue weighted by atomic mass is 10.2. The van der Waals surface area contributed by atoms with E-state index in [2.05, 4.69) is 28.6 Å². The molecule has 0 bridgehead atoms. The number of H-pyrrole nitrogens is 1. The highest BCUT2D eigenvalue weighted by Gasteiger charge is 2.17. The van der Waals surface area contributed by atoms with Crippen molar-refractivity contribution in [1.29, 1.82) is 0 Å². The van der Waals surface area contributed by atoms with Gasteiger partial charge in [-0.15, -0.1) is 0 Å². The molecule has 1 aliphatic rings. The van der Waals surface area contributed by atoms with E-state index in [4.69, 9.17) is 0 Å². The second-order valence-electron chi connectivity index (χ2n) is 3.70. The predicted molar refractivity (Wildman–Crippen MR) is 53.6 cm³/mol. The summed E-state index contributed by atoms with van der Waals surface area (Å²) in [5.41, 5.74) is 1.27. The van der Waals surface area contributed by atoms with Crippen LogP contribution in [0.15, 0.2) is 18.3 Å². The van der Waals surface area contributed by atoms with Gasteiger partial charge in [0.15, 0.2) is 0 Å². The fraction of sp³-hybridized carbons (Fsp3) is 0.600. The summed E-state index contributed by atoms with van der Waals surface area (Å²) in [7, 11) is 0. The Bertz CT molecular complexity index is 237. The summed E-state index contributed by atoms with van der Waals surface area (Å²) in [6, 6.07) is 5.23. The van der Waals surface area contributed by atoms with Crippen LogP contribution >= 0.6 is 0 Å². The van der Waals surface area contributed by atoms with Crippen LogP contribution in [0.3, 0.4) is 0 Å². The van der Waals surface area contributed by atoms with Gasteiger partial charge in [-0.1, -0.05) is 0 Å². The van der Waals surface area contributed by atoms with Gasteiger partial charge in [0.1, 0.15) is 0 Å². The molecule has 1 aromatic heterocycles. The van der Waals surface area contributed by atoms with E-state index < -0.39 is 0 Å². The van der Waals surface area contributed by atoms with Crippen molar-refractivity contribution in [1.82, 2.24) is 15.6 Å². The first-order valence-corrected chi connectivity index (χ1v) is 4.96. The predicted octanol–water partition coefficient (Wildman–Crippen LogP) is 1.03. The molecule has 0 radical (unpaired) electrons. The van der Waals surface area contributed by atoms with Gasteiger partial charge in [-0.3, -0.25) is 0 Å². The summed E-state index contributed by atoms with van der Waals surface area (Å²) in [4.78, 5) is 3.23. The van der Waals surface area contributed by atoms with Crippen molar-refractivity contribution in [2.24, 2.45) is 0 Å². The molecule has 0 amide bonds. The molecule has 2 rings (SSSR count). The molecule has 1 fully saturated rings. The second kappa shape index (κ2) is 3.94. The Hall–Kier alpha value is -0.800. The van der Waals surface area contributed by atoms with E-state index in [0.717, 1.165) is 13.1 Å². The molecule has 2 heterocycles. The van der Waals surface area contributed by atoms with Crippen LogP contribution in [0.4, 0.5) is 0 Å². The van der Waals surface area contributed by atoms with Crippen molar-refractivity contribution in [3.8, 4) is 0 Å². The average Bonchev–Trinajstić information content (AvgIpc) is 2.74. The number of hydrogen-bond donors (Lipinski definition) is 3. The first kappa shape index (κ1) is 8.78. The first-order valence-electron chi connectivity index (χ1n) is 4.96. The molecule has 2 unspecified atom stereocenters. The third-order valence-corrected chi connectivity index (χ3v) is 2.63. The van der Waals surface area contributed by atoms with Gasteiger partial charge < -0.3 is 15.6 Å². The Morgan fingerprint density at radius 2 is 2.54 bits per heavy atom. The third-order valence-electron chi connectivity index (χ3n) is 2.63. The Kier molecular flexibility index (Phi) is 2.66. The maximum absolute atomic E-state index is 3.59. The largest absolute Gasteiger partial charge is 0.364 e. The standard InChI is InChI=1S/C10H17N3/c1-8(10-3-2-5-12-10)13-9-4-6-11-7-9/h2-3,5,8-9,11-13H,4,6-7H2,1H3. The molecule has 1 aromatic rings. The van der Waals surface area contributed by atoms with Gasteiger partial charge >= 0.3 is 0 Å². The highest BCUT2D eigenvalue weighted by molar-refractivity contribution is 5.08. The van der Waals surface area contributed by atoms with E-state index in [0.29, 0.717) is 12.1 Å². The third kappa shape index (κ3) is 2.11. The van der Waals surface area contributed by atoms with Crippen molar-refractivity contribution in [3.05, 3.63) is 24.0 Å². The van der Waals surface area contributed by atoms with Gasteiger partial charge in [-0.05, 0) is 32.0 Å². The lowest BCUT2D eigenvalue weighted by Gasteiger charge is -2.17. The van der Waals surface area contributed by atoms with Gasteiger partial charge in [0.05, 0.1) is 0 Å². The van der Waals surface area contributed by atoms with Gasteiger partial charge in [0.25, 0.3) is 0 Å². The average molecular weight is 179 g/mol. The minimum atomic E-state index is 0.430. The smallest absolute Gasteiger partial charge is 0.0446 e. The molecule has 1 aliphatic heterocycles. The summed E-state index contributed by atoms with van der Waals surface area (Å²) in [5.74, 6) is 0. The highest BCUT2D eigenvalue weighted by atomic mass is 15.0. The number of aromatic amines is 1. The fourth-order valence-corrected chi connectivity index (χ4v) is 1.85. The van der Waals surface area contributed by atoms with Gasteiger partial charge in [-0.25, -0.2) is 0 Å². The van der Waals surface area contributed by atoms with E-state index in [1.165, 1.54) is 12.1 Å². The van der Waals surface area contributed by atoms with Crippen LogP contribution in [0.1, 0.15) is 25.1 Å². The van der Waals surface area contributed by atoms with Crippen LogP contribution in [0, 0.1) is 0 Å². The minimum Gasteiger partial charge on any atom is -0.364 e. The number of aromatic nitrogens is 1. The van der Waals surface area contributed by atoms with Crippen molar-refractivity contribution in [2.75, 3.05) is 13.1 Å². The number of rotatable bonds is 3. The molecule has 3 N–H and O–H groups in total. The fourth-order valence-electron chi connectivity index (χ4n) is 1.85. The van der Waals surface area contributed by atoms with E-state index in [9.17, 15) is 0 Å². The lowest BCUT2D eigenvalue weighted by Crippen LogP contribution is -2.33. The van der Waals surface area contributed by atoms with Crippen molar-refractivity contribution in [2.45, 2.75) is 25.4 Å². The zero-order valence-corrected chi connectivity index (χ0v) is 8.01. The van der Waals surface area contributed by atoms with Crippen molar-refractivity contribution >= 4 is 0 Å². The maximum Gasteiger partial charge on any atom is 0.0446 e. The molecule has 0 aliphatic carbocycles. The van der Waals surface area contributed by atoms with E-state index >= 15 is 0 Å². The number of hydrogen-bond acceptors (Lipinski definition) is 2. The Labute approximate surface area is 78.9 Å². The minimum absolute atomic E-state index is 0.430. The van der Waals surface area contributed by atoms with E-state index in [1.807, 2.05) is 12.3 Å². The lowest BCUT2D eigenvalue weighted by molar-refractivity contribution is 0.472. The molecular weight excluding hydrogens is 162 g/mol. The first-order chi connectivity index (χ1) is 6.36. The monoisotopic (exact) mass is 179 g/mol. The molecule has 2 atom stereocenters. The molecule has 3 nitrogen and oxygen atoms in total. The summed E-state index contributed by atoms with van der Waals surface area (Å²) in [5, 5.41) is 6.94. The Morgan fingerprint density at radius 3 is 3.15 bits per heavy atom. The molecule has 72 valence electrons. The van der Waals surface area contributed by atoms with Crippen molar-refractivity contribution < 1.29 is 0 Å². The quantitative estimate of drug-likeness (QED) is 0.648. The number of nitrogens with one attached hydrogen (secondary N) is 3. The SMILES string of the molecule is CC(NC1CCNC1)c1ccc[nH]1. The topological polar surface area (TPSA) is 39.8 Å². The van der Waals surface area contributed by atoms with Crippen LogP contribution in [0.25, 0.3) is 0 Å². The summed E-state index contributed by atoms with van der Waals surface area (Å²) < 4.78 is 0.